The fourth-order valence-electron chi connectivity index (χ4n) is 2.59. The van der Waals surface area contributed by atoms with Gasteiger partial charge in [-0.25, -0.2) is 9.37 Å². The third kappa shape index (κ3) is 3.57. The topological polar surface area (TPSA) is 64.4 Å². The minimum Gasteiger partial charge on any atom is -0.489 e. The van der Waals surface area contributed by atoms with Crippen molar-refractivity contribution in [3.8, 4) is 11.8 Å². The number of rotatable bonds is 4. The summed E-state index contributed by atoms with van der Waals surface area (Å²) in [4.78, 5) is 3.93. The molecule has 2 aromatic rings. The molecule has 0 N–H and O–H groups in total. The molecule has 1 aliphatic rings. The van der Waals surface area contributed by atoms with E-state index in [1.54, 1.807) is 24.4 Å². The van der Waals surface area contributed by atoms with Crippen molar-refractivity contribution < 1.29 is 18.4 Å². The maximum atomic E-state index is 13.8. The second kappa shape index (κ2) is 6.71. The van der Waals surface area contributed by atoms with Crippen molar-refractivity contribution in [1.29, 1.82) is 5.26 Å². The number of aromatic nitrogens is 1. The van der Waals surface area contributed by atoms with E-state index < -0.39 is 24.1 Å². The number of hydrogen-bond acceptors (Lipinski definition) is 5. The van der Waals surface area contributed by atoms with Crippen molar-refractivity contribution in [3.63, 3.8) is 0 Å². The number of pyridine rings is 1. The van der Waals surface area contributed by atoms with Crippen molar-refractivity contribution in [1.82, 2.24) is 4.98 Å². The Labute approximate surface area is 152 Å². The van der Waals surface area contributed by atoms with Crippen LogP contribution in [0.5, 0.6) is 5.75 Å². The van der Waals surface area contributed by atoms with Gasteiger partial charge in [0.15, 0.2) is 0 Å². The van der Waals surface area contributed by atoms with Crippen molar-refractivity contribution in [2.75, 3.05) is 0 Å². The molecular formula is C19H20BFN2O3. The van der Waals surface area contributed by atoms with Crippen molar-refractivity contribution in [3.05, 3.63) is 53.6 Å². The average Bonchev–Trinajstić information content (AvgIpc) is 2.81. The second-order valence-corrected chi connectivity index (χ2v) is 7.22. The Morgan fingerprint density at radius 3 is 2.50 bits per heavy atom. The zero-order valence-electron chi connectivity index (χ0n) is 15.2. The minimum absolute atomic E-state index is 0.218. The molecule has 0 aliphatic carbocycles. The van der Waals surface area contributed by atoms with Crippen LogP contribution < -0.4 is 10.2 Å². The maximum absolute atomic E-state index is 13.8. The first-order valence-corrected chi connectivity index (χ1v) is 8.35. The third-order valence-electron chi connectivity index (χ3n) is 4.81. The van der Waals surface area contributed by atoms with Crippen molar-refractivity contribution in [2.45, 2.75) is 45.5 Å². The van der Waals surface area contributed by atoms with Crippen LogP contribution in [-0.2, 0) is 15.9 Å². The third-order valence-corrected chi connectivity index (χ3v) is 4.81. The Balaban J connectivity index is 1.84. The zero-order valence-corrected chi connectivity index (χ0v) is 15.2. The Kier molecular flexibility index (Phi) is 4.74. The molecule has 0 radical (unpaired) electrons. The smallest absolute Gasteiger partial charge is 0.489 e. The Bertz CT molecular complexity index is 848. The highest BCUT2D eigenvalue weighted by atomic mass is 19.1. The number of benzene rings is 1. The molecule has 0 atom stereocenters. The maximum Gasteiger partial charge on any atom is 0.498 e. The SMILES string of the molecule is CC1(C)OB(c2cc(F)ccc2OCc2ccnc(C#N)c2)OC1(C)C. The fourth-order valence-corrected chi connectivity index (χ4v) is 2.59. The van der Waals surface area contributed by atoms with Gasteiger partial charge in [0.25, 0.3) is 0 Å². The summed E-state index contributed by atoms with van der Waals surface area (Å²) in [5.74, 6) is 0.0814. The Morgan fingerprint density at radius 2 is 1.85 bits per heavy atom. The summed E-state index contributed by atoms with van der Waals surface area (Å²) in [7, 11) is -0.724. The van der Waals surface area contributed by atoms with Gasteiger partial charge in [0.1, 0.15) is 29.9 Å². The first kappa shape index (κ1) is 18.4. The van der Waals surface area contributed by atoms with Gasteiger partial charge in [0.2, 0.25) is 0 Å². The molecule has 26 heavy (non-hydrogen) atoms. The highest BCUT2D eigenvalue weighted by Crippen LogP contribution is 2.37. The van der Waals surface area contributed by atoms with Gasteiger partial charge < -0.3 is 14.0 Å². The average molecular weight is 354 g/mol. The van der Waals surface area contributed by atoms with Gasteiger partial charge in [-0.2, -0.15) is 5.26 Å². The highest BCUT2D eigenvalue weighted by molar-refractivity contribution is 6.63. The Morgan fingerprint density at radius 1 is 1.15 bits per heavy atom. The standard InChI is InChI=1S/C19H20BFN2O3/c1-18(2)19(3,4)26-20(25-18)16-10-14(21)5-6-17(16)24-12-13-7-8-23-15(9-13)11-22/h5-10H,12H2,1-4H3. The van der Waals surface area contributed by atoms with Crippen molar-refractivity contribution in [2.24, 2.45) is 0 Å². The first-order valence-electron chi connectivity index (χ1n) is 8.35. The normalized spacial score (nSPS) is 17.8. The van der Waals surface area contributed by atoms with Gasteiger partial charge in [-0.15, -0.1) is 0 Å². The van der Waals surface area contributed by atoms with Crippen LogP contribution in [-0.4, -0.2) is 23.3 Å². The molecule has 134 valence electrons. The molecule has 1 aliphatic heterocycles. The second-order valence-electron chi connectivity index (χ2n) is 7.22. The largest absolute Gasteiger partial charge is 0.498 e. The van der Waals surface area contributed by atoms with Gasteiger partial charge in [0, 0.05) is 11.7 Å². The lowest BCUT2D eigenvalue weighted by Gasteiger charge is -2.32. The molecule has 1 aromatic carbocycles. The summed E-state index contributed by atoms with van der Waals surface area (Å²) in [5.41, 5.74) is 0.539. The van der Waals surface area contributed by atoms with Gasteiger partial charge in [-0.3, -0.25) is 0 Å². The van der Waals surface area contributed by atoms with E-state index in [1.165, 1.54) is 12.1 Å². The molecule has 0 bridgehead atoms. The lowest BCUT2D eigenvalue weighted by Crippen LogP contribution is -2.41. The van der Waals surface area contributed by atoms with Crippen LogP contribution in [0, 0.1) is 17.1 Å². The van der Waals surface area contributed by atoms with Crippen LogP contribution in [0.1, 0.15) is 39.0 Å². The van der Waals surface area contributed by atoms with Crippen LogP contribution >= 0.6 is 0 Å². The highest BCUT2D eigenvalue weighted by Gasteiger charge is 2.52. The predicted octanol–water partition coefficient (Wildman–Crippen LogP) is 2.97. The molecule has 0 saturated carbocycles. The van der Waals surface area contributed by atoms with E-state index in [1.807, 2.05) is 33.8 Å². The fraction of sp³-hybridized carbons (Fsp3) is 0.368. The quantitative estimate of drug-likeness (QED) is 0.790. The van der Waals surface area contributed by atoms with Crippen LogP contribution in [0.3, 0.4) is 0 Å². The van der Waals surface area contributed by atoms with E-state index >= 15 is 0 Å². The molecule has 5 nitrogen and oxygen atoms in total. The number of nitriles is 1. The number of ether oxygens (including phenoxy) is 1. The van der Waals surface area contributed by atoms with Gasteiger partial charge in [-0.1, -0.05) is 0 Å². The summed E-state index contributed by atoms with van der Waals surface area (Å²) >= 11 is 0. The number of nitrogens with zero attached hydrogens (tertiary/aromatic N) is 2. The molecule has 2 heterocycles. The molecule has 1 aromatic heterocycles. The van der Waals surface area contributed by atoms with E-state index in [4.69, 9.17) is 19.3 Å². The molecule has 3 rings (SSSR count). The van der Waals surface area contributed by atoms with Gasteiger partial charge in [0.05, 0.1) is 11.2 Å². The van der Waals surface area contributed by atoms with E-state index in [9.17, 15) is 4.39 Å². The zero-order chi connectivity index (χ0) is 18.9. The summed E-state index contributed by atoms with van der Waals surface area (Å²) in [6, 6.07) is 9.66. The number of halogens is 1. The first-order chi connectivity index (χ1) is 12.2. The predicted molar refractivity (Wildman–Crippen MR) is 95.4 cm³/mol. The molecule has 1 saturated heterocycles. The van der Waals surface area contributed by atoms with Crippen LogP contribution in [0.25, 0.3) is 0 Å². The van der Waals surface area contributed by atoms with Crippen LogP contribution in [0.2, 0.25) is 0 Å². The summed E-state index contributed by atoms with van der Waals surface area (Å²) in [6.07, 6.45) is 1.55. The van der Waals surface area contributed by atoms with Crippen LogP contribution in [0.4, 0.5) is 4.39 Å². The molecule has 1 fully saturated rings. The minimum atomic E-state index is -0.724. The van der Waals surface area contributed by atoms with Gasteiger partial charge in [-0.05, 0) is 63.6 Å². The molecule has 7 heteroatoms. The van der Waals surface area contributed by atoms with Gasteiger partial charge >= 0.3 is 7.12 Å². The lowest BCUT2D eigenvalue weighted by atomic mass is 9.78. The van der Waals surface area contributed by atoms with E-state index in [0.29, 0.717) is 16.9 Å². The molecule has 0 amide bonds. The van der Waals surface area contributed by atoms with Crippen molar-refractivity contribution >= 4 is 12.6 Å². The monoisotopic (exact) mass is 354 g/mol. The molecular weight excluding hydrogens is 334 g/mol. The summed E-state index contributed by atoms with van der Waals surface area (Å²) in [6.45, 7) is 7.97. The number of hydrogen-bond donors (Lipinski definition) is 0. The summed E-state index contributed by atoms with van der Waals surface area (Å²) in [5, 5.41) is 8.94. The van der Waals surface area contributed by atoms with E-state index in [0.717, 1.165) is 5.56 Å². The van der Waals surface area contributed by atoms with E-state index in [2.05, 4.69) is 4.98 Å². The van der Waals surface area contributed by atoms with Crippen LogP contribution in [0.15, 0.2) is 36.5 Å². The van der Waals surface area contributed by atoms with E-state index in [-0.39, 0.29) is 6.61 Å². The summed E-state index contributed by atoms with van der Waals surface area (Å²) < 4.78 is 31.7. The molecule has 0 spiro atoms. The Hall–Kier alpha value is -2.43. The lowest BCUT2D eigenvalue weighted by molar-refractivity contribution is 0.00578. The molecule has 0 unspecified atom stereocenters.